The molecule has 1 rings (SSSR count). The van der Waals surface area contributed by atoms with Gasteiger partial charge in [0, 0.05) is 6.04 Å². The SMILES string of the molecule is CCC1NC(CC)N(C(C)C(CC)CC)C1=O. The summed E-state index contributed by atoms with van der Waals surface area (Å²) in [7, 11) is 0. The number of carbonyl (C=O) groups is 1. The highest BCUT2D eigenvalue weighted by Crippen LogP contribution is 2.25. The standard InChI is InChI=1S/C14H28N2O/c1-6-11(7-2)10(5)16-13(9-4)15-12(8-3)14(16)17/h10-13,15H,6-9H2,1-5H3. The quantitative estimate of drug-likeness (QED) is 0.774. The third kappa shape index (κ3) is 2.82. The van der Waals surface area contributed by atoms with Gasteiger partial charge in [0.2, 0.25) is 5.91 Å². The van der Waals surface area contributed by atoms with Gasteiger partial charge >= 0.3 is 0 Å². The Labute approximate surface area is 106 Å². The number of amides is 1. The minimum Gasteiger partial charge on any atom is -0.323 e. The van der Waals surface area contributed by atoms with Gasteiger partial charge in [-0.3, -0.25) is 10.1 Å². The summed E-state index contributed by atoms with van der Waals surface area (Å²) in [6.07, 6.45) is 4.42. The summed E-state index contributed by atoms with van der Waals surface area (Å²) in [6.45, 7) is 10.9. The maximum atomic E-state index is 12.3. The lowest BCUT2D eigenvalue weighted by molar-refractivity contribution is -0.133. The fourth-order valence-electron chi connectivity index (χ4n) is 3.01. The number of nitrogens with zero attached hydrogens (tertiary/aromatic N) is 1. The van der Waals surface area contributed by atoms with Crippen LogP contribution in [0.4, 0.5) is 0 Å². The second-order valence-electron chi connectivity index (χ2n) is 5.11. The minimum absolute atomic E-state index is 0.0387. The molecule has 3 heteroatoms. The van der Waals surface area contributed by atoms with Gasteiger partial charge < -0.3 is 4.90 Å². The highest BCUT2D eigenvalue weighted by atomic mass is 16.2. The highest BCUT2D eigenvalue weighted by Gasteiger charge is 2.40. The highest BCUT2D eigenvalue weighted by molar-refractivity contribution is 5.84. The van der Waals surface area contributed by atoms with E-state index in [4.69, 9.17) is 0 Å². The van der Waals surface area contributed by atoms with E-state index in [0.29, 0.717) is 17.9 Å². The van der Waals surface area contributed by atoms with Crippen LogP contribution in [0, 0.1) is 5.92 Å². The van der Waals surface area contributed by atoms with Crippen molar-refractivity contribution in [3.63, 3.8) is 0 Å². The van der Waals surface area contributed by atoms with Crippen molar-refractivity contribution in [3.05, 3.63) is 0 Å². The van der Waals surface area contributed by atoms with Crippen molar-refractivity contribution in [1.29, 1.82) is 0 Å². The Morgan fingerprint density at radius 3 is 2.18 bits per heavy atom. The first-order chi connectivity index (χ1) is 8.10. The van der Waals surface area contributed by atoms with Gasteiger partial charge in [0.1, 0.15) is 0 Å². The molecule has 0 aromatic rings. The maximum absolute atomic E-state index is 12.3. The van der Waals surface area contributed by atoms with Crippen LogP contribution >= 0.6 is 0 Å². The second-order valence-corrected chi connectivity index (χ2v) is 5.11. The minimum atomic E-state index is 0.0387. The molecule has 1 fully saturated rings. The molecule has 1 heterocycles. The zero-order valence-corrected chi connectivity index (χ0v) is 12.0. The Bertz CT molecular complexity index is 251. The topological polar surface area (TPSA) is 32.3 Å². The van der Waals surface area contributed by atoms with Crippen LogP contribution in [-0.4, -0.2) is 29.1 Å². The summed E-state index contributed by atoms with van der Waals surface area (Å²) in [5.74, 6) is 0.921. The van der Waals surface area contributed by atoms with Gasteiger partial charge in [-0.2, -0.15) is 0 Å². The maximum Gasteiger partial charge on any atom is 0.241 e. The van der Waals surface area contributed by atoms with Crippen molar-refractivity contribution < 1.29 is 4.79 Å². The zero-order valence-electron chi connectivity index (χ0n) is 12.0. The van der Waals surface area contributed by atoms with Gasteiger partial charge in [0.05, 0.1) is 12.2 Å². The normalized spacial score (nSPS) is 26.9. The fourth-order valence-corrected chi connectivity index (χ4v) is 3.01. The molecule has 3 nitrogen and oxygen atoms in total. The van der Waals surface area contributed by atoms with Crippen molar-refractivity contribution in [2.24, 2.45) is 5.92 Å². The van der Waals surface area contributed by atoms with Crippen molar-refractivity contribution in [3.8, 4) is 0 Å². The predicted molar refractivity (Wildman–Crippen MR) is 71.7 cm³/mol. The molecule has 0 aliphatic carbocycles. The van der Waals surface area contributed by atoms with E-state index in [2.05, 4.69) is 44.8 Å². The first-order valence-electron chi connectivity index (χ1n) is 7.18. The third-order valence-corrected chi connectivity index (χ3v) is 4.25. The number of hydrogen-bond donors (Lipinski definition) is 1. The third-order valence-electron chi connectivity index (χ3n) is 4.25. The second kappa shape index (κ2) is 6.39. The number of hydrogen-bond acceptors (Lipinski definition) is 2. The Morgan fingerprint density at radius 2 is 1.76 bits per heavy atom. The molecule has 0 spiro atoms. The predicted octanol–water partition coefficient (Wildman–Crippen LogP) is 2.76. The van der Waals surface area contributed by atoms with Gasteiger partial charge in [-0.1, -0.05) is 40.5 Å². The van der Waals surface area contributed by atoms with Crippen LogP contribution < -0.4 is 5.32 Å². The van der Waals surface area contributed by atoms with Crippen LogP contribution in [0.2, 0.25) is 0 Å². The van der Waals surface area contributed by atoms with E-state index in [-0.39, 0.29) is 12.2 Å². The van der Waals surface area contributed by atoms with Crippen LogP contribution in [0.1, 0.15) is 60.3 Å². The number of rotatable bonds is 6. The van der Waals surface area contributed by atoms with Crippen LogP contribution in [0.15, 0.2) is 0 Å². The molecule has 3 unspecified atom stereocenters. The monoisotopic (exact) mass is 240 g/mol. The lowest BCUT2D eigenvalue weighted by Gasteiger charge is -2.34. The van der Waals surface area contributed by atoms with Crippen LogP contribution in [-0.2, 0) is 4.79 Å². The molecular weight excluding hydrogens is 212 g/mol. The molecule has 100 valence electrons. The van der Waals surface area contributed by atoms with Gasteiger partial charge in [0.15, 0.2) is 0 Å². The van der Waals surface area contributed by atoms with Crippen LogP contribution in [0.5, 0.6) is 0 Å². The van der Waals surface area contributed by atoms with E-state index >= 15 is 0 Å². The number of carbonyl (C=O) groups excluding carboxylic acids is 1. The molecule has 0 bridgehead atoms. The van der Waals surface area contributed by atoms with Crippen molar-refractivity contribution in [1.82, 2.24) is 10.2 Å². The molecule has 1 aliphatic heterocycles. The Hall–Kier alpha value is -0.570. The zero-order chi connectivity index (χ0) is 13.0. The molecule has 3 atom stereocenters. The van der Waals surface area contributed by atoms with Crippen molar-refractivity contribution >= 4 is 5.91 Å². The summed E-state index contributed by atoms with van der Waals surface area (Å²) in [5.41, 5.74) is 0. The Balaban J connectivity index is 2.82. The fraction of sp³-hybridized carbons (Fsp3) is 0.929. The molecule has 0 saturated carbocycles. The van der Waals surface area contributed by atoms with E-state index in [1.807, 2.05) is 0 Å². The molecule has 17 heavy (non-hydrogen) atoms. The summed E-state index contributed by atoms with van der Waals surface area (Å²) in [4.78, 5) is 14.5. The van der Waals surface area contributed by atoms with Gasteiger partial charge in [-0.25, -0.2) is 0 Å². The van der Waals surface area contributed by atoms with Gasteiger partial charge in [-0.15, -0.1) is 0 Å². The first kappa shape index (κ1) is 14.5. The Morgan fingerprint density at radius 1 is 1.18 bits per heavy atom. The molecule has 0 aromatic carbocycles. The average molecular weight is 240 g/mol. The largest absolute Gasteiger partial charge is 0.323 e. The van der Waals surface area contributed by atoms with Gasteiger partial charge in [0.25, 0.3) is 0 Å². The smallest absolute Gasteiger partial charge is 0.241 e. The van der Waals surface area contributed by atoms with E-state index in [1.54, 1.807) is 0 Å². The Kier molecular flexibility index (Phi) is 5.44. The molecule has 1 amide bonds. The average Bonchev–Trinajstić information content (AvgIpc) is 2.66. The summed E-state index contributed by atoms with van der Waals surface area (Å²) < 4.78 is 0. The summed E-state index contributed by atoms with van der Waals surface area (Å²) in [5, 5.41) is 3.45. The van der Waals surface area contributed by atoms with Crippen LogP contribution in [0.25, 0.3) is 0 Å². The number of nitrogens with one attached hydrogen (secondary N) is 1. The summed E-state index contributed by atoms with van der Waals surface area (Å²) >= 11 is 0. The lowest BCUT2D eigenvalue weighted by Crippen LogP contribution is -2.46. The van der Waals surface area contributed by atoms with E-state index in [1.165, 1.54) is 0 Å². The van der Waals surface area contributed by atoms with Crippen molar-refractivity contribution in [2.45, 2.75) is 78.6 Å². The molecule has 0 aromatic heterocycles. The van der Waals surface area contributed by atoms with Gasteiger partial charge in [-0.05, 0) is 25.7 Å². The van der Waals surface area contributed by atoms with E-state index in [9.17, 15) is 4.79 Å². The molecular formula is C14H28N2O. The molecule has 0 radical (unpaired) electrons. The van der Waals surface area contributed by atoms with Crippen molar-refractivity contribution in [2.75, 3.05) is 0 Å². The molecule has 1 saturated heterocycles. The van der Waals surface area contributed by atoms with E-state index in [0.717, 1.165) is 25.7 Å². The first-order valence-corrected chi connectivity index (χ1v) is 7.18. The van der Waals surface area contributed by atoms with E-state index < -0.39 is 0 Å². The molecule has 1 aliphatic rings. The molecule has 1 N–H and O–H groups in total. The van der Waals surface area contributed by atoms with Crippen LogP contribution in [0.3, 0.4) is 0 Å². The summed E-state index contributed by atoms with van der Waals surface area (Å²) in [6, 6.07) is 0.392. The lowest BCUT2D eigenvalue weighted by atomic mass is 9.93.